The van der Waals surface area contributed by atoms with Crippen molar-refractivity contribution in [2.45, 2.75) is 62.9 Å². The Labute approximate surface area is 490 Å². The van der Waals surface area contributed by atoms with E-state index in [1.165, 1.54) is 7.11 Å². The van der Waals surface area contributed by atoms with Gasteiger partial charge >= 0.3 is 17.9 Å². The van der Waals surface area contributed by atoms with Crippen molar-refractivity contribution in [1.29, 1.82) is 0 Å². The minimum absolute atomic E-state index is 0.0307. The standard InChI is InChI=1S/C35H36O12.C29H34O9/c1-35(2,23-3-7-31(8-4-23)44-17-29(40)19-46-33(42)21-11-25(36)15-26(37)12-21)24-5-9-32(10-6-24)45-18-30(41)20-47-34(43)22-13-27(38)16-28(39)14-22;1-29(2,20-4-8-26(9-5-20)36-16-24(32)15-35-3)21-6-10-27(11-7-21)37-17-25(33)18-38-28(34)19-12-22(30)14-23(31)13-19/h3-16,29-30,36-41H,17-20H2,1-2H3;4-14,24-25,30-33H,15-18H2,1-3H3. The molecule has 0 amide bonds. The van der Waals surface area contributed by atoms with Crippen LogP contribution in [0.25, 0.3) is 0 Å². The van der Waals surface area contributed by atoms with Gasteiger partial charge in [0.25, 0.3) is 0 Å². The highest BCUT2D eigenvalue weighted by Crippen LogP contribution is 2.35. The lowest BCUT2D eigenvalue weighted by molar-refractivity contribution is 0.0127. The molecule has 0 saturated heterocycles. The fourth-order valence-corrected chi connectivity index (χ4v) is 8.26. The average molecular weight is 1180 g/mol. The van der Waals surface area contributed by atoms with Crippen molar-refractivity contribution >= 4 is 17.9 Å². The van der Waals surface area contributed by atoms with E-state index in [9.17, 15) is 65.4 Å². The number of aliphatic hydroxyl groups is 4. The van der Waals surface area contributed by atoms with Crippen LogP contribution in [0.5, 0.6) is 57.5 Å². The van der Waals surface area contributed by atoms with E-state index in [0.29, 0.717) is 23.0 Å². The third kappa shape index (κ3) is 20.0. The van der Waals surface area contributed by atoms with E-state index in [2.05, 4.69) is 13.8 Å². The molecule has 0 spiro atoms. The first-order valence-electron chi connectivity index (χ1n) is 26.6. The molecule has 7 aromatic carbocycles. The molecule has 452 valence electrons. The number of esters is 3. The lowest BCUT2D eigenvalue weighted by Gasteiger charge is -2.26. The molecule has 21 nitrogen and oxygen atoms in total. The van der Waals surface area contributed by atoms with Gasteiger partial charge in [-0.05, 0) is 107 Å². The molecule has 0 radical (unpaired) electrons. The highest BCUT2D eigenvalue weighted by Gasteiger charge is 2.26. The van der Waals surface area contributed by atoms with Crippen LogP contribution in [-0.4, -0.2) is 153 Å². The van der Waals surface area contributed by atoms with Crippen molar-refractivity contribution < 1.29 is 103 Å². The fourth-order valence-electron chi connectivity index (χ4n) is 8.26. The average Bonchev–Trinajstić information content (AvgIpc) is 3.49. The molecule has 0 aromatic heterocycles. The highest BCUT2D eigenvalue weighted by atomic mass is 16.6. The number of hydrogen-bond donors (Lipinski definition) is 10. The zero-order chi connectivity index (χ0) is 61.8. The number of ether oxygens (including phenoxy) is 8. The van der Waals surface area contributed by atoms with Gasteiger partial charge in [0.05, 0.1) is 23.3 Å². The minimum atomic E-state index is -1.11. The van der Waals surface area contributed by atoms with E-state index in [1.807, 2.05) is 74.5 Å². The Morgan fingerprint density at radius 2 is 0.529 bits per heavy atom. The molecule has 21 heteroatoms. The van der Waals surface area contributed by atoms with E-state index in [4.69, 9.17) is 37.9 Å². The maximum atomic E-state index is 12.1. The number of methoxy groups -OCH3 is 1. The smallest absolute Gasteiger partial charge is 0.338 e. The Morgan fingerprint density at radius 3 is 0.729 bits per heavy atom. The van der Waals surface area contributed by atoms with Crippen molar-refractivity contribution in [3.8, 4) is 57.5 Å². The first-order valence-corrected chi connectivity index (χ1v) is 26.6. The van der Waals surface area contributed by atoms with Crippen LogP contribution in [0.3, 0.4) is 0 Å². The number of rotatable bonds is 27. The van der Waals surface area contributed by atoms with Crippen molar-refractivity contribution in [2.24, 2.45) is 0 Å². The van der Waals surface area contributed by atoms with Gasteiger partial charge in [0.2, 0.25) is 0 Å². The van der Waals surface area contributed by atoms with Crippen LogP contribution in [0, 0.1) is 0 Å². The predicted octanol–water partition coefficient (Wildman–Crippen LogP) is 7.43. The molecule has 7 aromatic rings. The molecule has 4 unspecified atom stereocenters. The summed E-state index contributed by atoms with van der Waals surface area (Å²) in [6.07, 6.45) is -3.98. The summed E-state index contributed by atoms with van der Waals surface area (Å²) in [6.45, 7) is 7.29. The summed E-state index contributed by atoms with van der Waals surface area (Å²) >= 11 is 0. The van der Waals surface area contributed by atoms with Gasteiger partial charge in [-0.25, -0.2) is 14.4 Å². The van der Waals surface area contributed by atoms with Crippen LogP contribution < -0.4 is 18.9 Å². The van der Waals surface area contributed by atoms with Crippen LogP contribution in [0.4, 0.5) is 0 Å². The summed E-state index contributed by atoms with van der Waals surface area (Å²) in [7, 11) is 1.52. The molecular weight excluding hydrogens is 1100 g/mol. The molecule has 10 N–H and O–H groups in total. The van der Waals surface area contributed by atoms with E-state index in [1.54, 1.807) is 36.4 Å². The molecule has 4 atom stereocenters. The SMILES string of the molecule is CC(C)(c1ccc(OCC(O)COC(=O)c2cc(O)cc(O)c2)cc1)c1ccc(OCC(O)COC(=O)c2cc(O)cc(O)c2)cc1.COCC(O)COc1ccc(C(C)(C)c2ccc(OCC(O)COC(=O)c3cc(O)cc(O)c3)cc2)cc1. The third-order valence-electron chi connectivity index (χ3n) is 13.1. The first-order chi connectivity index (χ1) is 40.4. The normalized spacial score (nSPS) is 12.7. The van der Waals surface area contributed by atoms with Gasteiger partial charge in [0.1, 0.15) is 128 Å². The molecule has 7 rings (SSSR count). The quantitative estimate of drug-likeness (QED) is 0.0177. The van der Waals surface area contributed by atoms with E-state index < -0.39 is 47.7 Å². The molecule has 0 aliphatic heterocycles. The number of phenolic OH excluding ortho intramolecular Hbond substituents is 6. The maximum Gasteiger partial charge on any atom is 0.338 e. The number of carbonyl (C=O) groups is 3. The first kappa shape index (κ1) is 64.9. The van der Waals surface area contributed by atoms with Crippen LogP contribution in [0.1, 0.15) is 81.0 Å². The zero-order valence-corrected chi connectivity index (χ0v) is 47.4. The molecule has 0 heterocycles. The van der Waals surface area contributed by atoms with Crippen molar-refractivity contribution in [2.75, 3.05) is 60.0 Å². The van der Waals surface area contributed by atoms with Gasteiger partial charge in [-0.15, -0.1) is 0 Å². The van der Waals surface area contributed by atoms with Crippen LogP contribution in [-0.2, 0) is 29.8 Å². The molecule has 0 aliphatic rings. The summed E-state index contributed by atoms with van der Waals surface area (Å²) in [5, 5.41) is 97.2. The van der Waals surface area contributed by atoms with Crippen molar-refractivity contribution in [1.82, 2.24) is 0 Å². The lowest BCUT2D eigenvalue weighted by atomic mass is 9.78. The molecule has 85 heavy (non-hydrogen) atoms. The topological polar surface area (TPSA) is 327 Å². The Morgan fingerprint density at radius 1 is 0.329 bits per heavy atom. The number of phenols is 6. The zero-order valence-electron chi connectivity index (χ0n) is 47.4. The molecular formula is C64H70O21. The number of aromatic hydroxyl groups is 6. The van der Waals surface area contributed by atoms with Gasteiger partial charge in [-0.3, -0.25) is 0 Å². The second kappa shape index (κ2) is 30.3. The summed E-state index contributed by atoms with van der Waals surface area (Å²) in [5.41, 5.74) is 3.25. The Hall–Kier alpha value is -9.25. The number of hydrogen-bond acceptors (Lipinski definition) is 21. The number of aliphatic hydroxyl groups excluding tert-OH is 4. The van der Waals surface area contributed by atoms with E-state index in [0.717, 1.165) is 76.9 Å². The summed E-state index contributed by atoms with van der Waals surface area (Å²) < 4.78 is 42.5. The Kier molecular flexibility index (Phi) is 23.2. The van der Waals surface area contributed by atoms with Crippen LogP contribution in [0.15, 0.2) is 152 Å². The van der Waals surface area contributed by atoms with Crippen molar-refractivity contribution in [3.63, 3.8) is 0 Å². The van der Waals surface area contributed by atoms with E-state index in [-0.39, 0.29) is 109 Å². The summed E-state index contributed by atoms with van der Waals surface area (Å²) in [5.74, 6) is -1.91. The molecule has 0 bridgehead atoms. The van der Waals surface area contributed by atoms with Crippen LogP contribution in [0.2, 0.25) is 0 Å². The largest absolute Gasteiger partial charge is 0.508 e. The van der Waals surface area contributed by atoms with Gasteiger partial charge in [0.15, 0.2) is 0 Å². The summed E-state index contributed by atoms with van der Waals surface area (Å²) in [4.78, 5) is 36.3. The maximum absolute atomic E-state index is 12.1. The van der Waals surface area contributed by atoms with Gasteiger partial charge in [-0.1, -0.05) is 76.2 Å². The van der Waals surface area contributed by atoms with Crippen molar-refractivity contribution in [3.05, 3.63) is 191 Å². The summed E-state index contributed by atoms with van der Waals surface area (Å²) in [6, 6.07) is 40.0. The minimum Gasteiger partial charge on any atom is -0.508 e. The number of benzene rings is 7. The molecule has 0 fully saturated rings. The Balaban J connectivity index is 0.000000279. The molecule has 0 aliphatic carbocycles. The predicted molar refractivity (Wildman–Crippen MR) is 308 cm³/mol. The van der Waals surface area contributed by atoms with Gasteiger partial charge in [0, 0.05) is 36.1 Å². The third-order valence-corrected chi connectivity index (χ3v) is 13.1. The second-order valence-corrected chi connectivity index (χ2v) is 20.7. The monoisotopic (exact) mass is 1170 g/mol. The van der Waals surface area contributed by atoms with Gasteiger partial charge in [-0.2, -0.15) is 0 Å². The van der Waals surface area contributed by atoms with E-state index >= 15 is 0 Å². The highest BCUT2D eigenvalue weighted by molar-refractivity contribution is 5.91. The van der Waals surface area contributed by atoms with Gasteiger partial charge < -0.3 is 89.0 Å². The van der Waals surface area contributed by atoms with Crippen LogP contribution >= 0.6 is 0 Å². The lowest BCUT2D eigenvalue weighted by Crippen LogP contribution is -2.25. The second-order valence-electron chi connectivity index (χ2n) is 20.7. The molecule has 0 saturated carbocycles. The number of carbonyl (C=O) groups excluding carboxylic acids is 3. The Bertz CT molecular complexity index is 3090. The fraction of sp³-hybridized carbons (Fsp3) is 0.297.